The minimum atomic E-state index is 0. The van der Waals surface area contributed by atoms with Gasteiger partial charge in [0, 0.05) is 12.1 Å². The highest BCUT2D eigenvalue weighted by atomic mass is 35.5. The second-order valence-electron chi connectivity index (χ2n) is 4.66. The second kappa shape index (κ2) is 5.41. The molecule has 1 heterocycles. The molecule has 3 rings (SSSR count). The number of halogens is 1. The maximum Gasteiger partial charge on any atom is 0.361 e. The first-order valence-corrected chi connectivity index (χ1v) is 6.13. The van der Waals surface area contributed by atoms with Gasteiger partial charge in [0.25, 0.3) is 0 Å². The van der Waals surface area contributed by atoms with Crippen LogP contribution in [0.15, 0.2) is 59.0 Å². The van der Waals surface area contributed by atoms with E-state index in [1.54, 1.807) is 0 Å². The van der Waals surface area contributed by atoms with Crippen molar-refractivity contribution < 1.29 is 16.8 Å². The van der Waals surface area contributed by atoms with Crippen LogP contribution in [0.2, 0.25) is 0 Å². The van der Waals surface area contributed by atoms with E-state index in [1.807, 2.05) is 24.3 Å². The van der Waals surface area contributed by atoms with Gasteiger partial charge in [-0.1, -0.05) is 29.8 Å². The molecule has 19 heavy (non-hydrogen) atoms. The van der Waals surface area contributed by atoms with Crippen LogP contribution in [0.25, 0.3) is 22.3 Å². The summed E-state index contributed by atoms with van der Waals surface area (Å²) in [6, 6.07) is 18.7. The van der Waals surface area contributed by atoms with Crippen LogP contribution >= 0.6 is 0 Å². The molecular weight excluding hydrogens is 256 g/mol. The van der Waals surface area contributed by atoms with Crippen LogP contribution in [-0.2, 0) is 0 Å². The molecule has 0 saturated heterocycles. The summed E-state index contributed by atoms with van der Waals surface area (Å²) >= 11 is 0. The molecule has 1 nitrogen and oxygen atoms in total. The normalized spacial score (nSPS) is 10.2. The fraction of sp³-hybridized carbons (Fsp3) is 0.118. The van der Waals surface area contributed by atoms with Crippen LogP contribution in [0.3, 0.4) is 0 Å². The van der Waals surface area contributed by atoms with Crippen molar-refractivity contribution in [1.82, 2.24) is 0 Å². The number of aryl methyl sites for hydroxylation is 2. The monoisotopic (exact) mass is 270 g/mol. The van der Waals surface area contributed by atoms with Gasteiger partial charge in [0.05, 0.1) is 10.9 Å². The molecule has 0 saturated carbocycles. The van der Waals surface area contributed by atoms with Crippen LogP contribution in [-0.4, -0.2) is 0 Å². The van der Waals surface area contributed by atoms with Crippen LogP contribution in [0.1, 0.15) is 11.1 Å². The van der Waals surface area contributed by atoms with E-state index in [-0.39, 0.29) is 12.4 Å². The largest absolute Gasteiger partial charge is 1.00 e. The fourth-order valence-electron chi connectivity index (χ4n) is 2.18. The number of para-hydroxylation sites is 1. The highest BCUT2D eigenvalue weighted by Gasteiger charge is 2.16. The predicted molar refractivity (Wildman–Crippen MR) is 75.5 cm³/mol. The molecule has 0 aliphatic carbocycles. The van der Waals surface area contributed by atoms with Crippen molar-refractivity contribution in [2.24, 2.45) is 0 Å². The summed E-state index contributed by atoms with van der Waals surface area (Å²) in [5, 5.41) is 1.13. The van der Waals surface area contributed by atoms with Gasteiger partial charge in [-0.3, -0.25) is 0 Å². The van der Waals surface area contributed by atoms with Crippen LogP contribution in [0.4, 0.5) is 0 Å². The third kappa shape index (κ3) is 2.61. The molecule has 0 radical (unpaired) electrons. The van der Waals surface area contributed by atoms with Crippen molar-refractivity contribution in [2.75, 3.05) is 0 Å². The fourth-order valence-corrected chi connectivity index (χ4v) is 2.18. The number of hydrogen-bond donors (Lipinski definition) is 0. The van der Waals surface area contributed by atoms with E-state index in [9.17, 15) is 0 Å². The van der Waals surface area contributed by atoms with E-state index < -0.39 is 0 Å². The van der Waals surface area contributed by atoms with E-state index in [4.69, 9.17) is 4.42 Å². The Hall–Kier alpha value is -1.86. The van der Waals surface area contributed by atoms with Crippen molar-refractivity contribution in [2.45, 2.75) is 13.8 Å². The van der Waals surface area contributed by atoms with Crippen molar-refractivity contribution in [3.63, 3.8) is 0 Å². The highest BCUT2D eigenvalue weighted by molar-refractivity contribution is 5.79. The lowest BCUT2D eigenvalue weighted by atomic mass is 10.0. The Morgan fingerprint density at radius 1 is 0.842 bits per heavy atom. The zero-order valence-corrected chi connectivity index (χ0v) is 11.7. The number of rotatable bonds is 1. The minimum absolute atomic E-state index is 0. The first-order valence-electron chi connectivity index (χ1n) is 6.13. The maximum atomic E-state index is 5.98. The smallest absolute Gasteiger partial charge is 0.361 e. The van der Waals surface area contributed by atoms with Gasteiger partial charge in [0.15, 0.2) is 0 Å². The van der Waals surface area contributed by atoms with Crippen LogP contribution < -0.4 is 12.4 Å². The molecule has 3 aromatic rings. The Kier molecular flexibility index (Phi) is 3.87. The van der Waals surface area contributed by atoms with Gasteiger partial charge in [-0.15, -0.1) is 0 Å². The van der Waals surface area contributed by atoms with E-state index in [0.717, 1.165) is 16.7 Å². The molecule has 0 spiro atoms. The maximum absolute atomic E-state index is 5.98. The summed E-state index contributed by atoms with van der Waals surface area (Å²) in [7, 11) is 0. The number of benzene rings is 2. The standard InChI is InChI=1S/C17H15O.ClH/c1-12-7-8-13(2)15(11-12)17-10-9-14-5-3-4-6-16(14)18-17;/h3-11H,1-2H3;1H/q+1;/p-1. The average molecular weight is 271 g/mol. The lowest BCUT2D eigenvalue weighted by Gasteiger charge is -2.00. The summed E-state index contributed by atoms with van der Waals surface area (Å²) in [6.07, 6.45) is 0. The zero-order valence-electron chi connectivity index (χ0n) is 11.0. The van der Waals surface area contributed by atoms with Gasteiger partial charge in [-0.2, -0.15) is 0 Å². The molecule has 0 atom stereocenters. The van der Waals surface area contributed by atoms with Gasteiger partial charge in [-0.25, -0.2) is 4.42 Å². The summed E-state index contributed by atoms with van der Waals surface area (Å²) < 4.78 is 5.98. The van der Waals surface area contributed by atoms with Crippen LogP contribution in [0.5, 0.6) is 0 Å². The van der Waals surface area contributed by atoms with Gasteiger partial charge < -0.3 is 12.4 Å². The summed E-state index contributed by atoms with van der Waals surface area (Å²) in [5.41, 5.74) is 4.58. The van der Waals surface area contributed by atoms with Gasteiger partial charge >= 0.3 is 11.3 Å². The topological polar surface area (TPSA) is 11.3 Å². The molecule has 2 heteroatoms. The number of hydrogen-bond acceptors (Lipinski definition) is 0. The Labute approximate surface area is 119 Å². The Morgan fingerprint density at radius 3 is 2.47 bits per heavy atom. The van der Waals surface area contributed by atoms with Crippen molar-refractivity contribution in [3.05, 3.63) is 65.7 Å². The molecule has 96 valence electrons. The summed E-state index contributed by atoms with van der Waals surface area (Å²) in [6.45, 7) is 4.21. The first-order chi connectivity index (χ1) is 8.74. The number of fused-ring (bicyclic) bond motifs is 1. The van der Waals surface area contributed by atoms with Crippen molar-refractivity contribution in [3.8, 4) is 11.3 Å². The highest BCUT2D eigenvalue weighted by Crippen LogP contribution is 2.27. The SMILES string of the molecule is Cc1ccc(C)c(-c2ccc3ccccc3[o+]2)c1.[Cl-]. The molecule has 0 amide bonds. The van der Waals surface area contributed by atoms with Gasteiger partial charge in [-0.05, 0) is 37.6 Å². The lowest BCUT2D eigenvalue weighted by Crippen LogP contribution is -3.00. The third-order valence-electron chi connectivity index (χ3n) is 3.21. The Morgan fingerprint density at radius 2 is 1.63 bits per heavy atom. The second-order valence-corrected chi connectivity index (χ2v) is 4.66. The molecule has 0 bridgehead atoms. The molecule has 0 aliphatic rings. The van der Waals surface area contributed by atoms with Crippen molar-refractivity contribution >= 4 is 11.0 Å². The Bertz CT molecular complexity index is 719. The van der Waals surface area contributed by atoms with E-state index in [1.165, 1.54) is 16.7 Å². The quantitative estimate of drug-likeness (QED) is 0.616. The van der Waals surface area contributed by atoms with E-state index >= 15 is 0 Å². The molecule has 0 unspecified atom stereocenters. The average Bonchev–Trinajstić information content (AvgIpc) is 2.41. The Balaban J connectivity index is 0.00000133. The molecular formula is C17H15ClO. The molecule has 0 aliphatic heterocycles. The van der Waals surface area contributed by atoms with E-state index in [2.05, 4.69) is 44.2 Å². The molecule has 0 N–H and O–H groups in total. The summed E-state index contributed by atoms with van der Waals surface area (Å²) in [5.74, 6) is 0.926. The third-order valence-corrected chi connectivity index (χ3v) is 3.21. The minimum Gasteiger partial charge on any atom is -1.00 e. The van der Waals surface area contributed by atoms with Crippen LogP contribution in [0, 0.1) is 13.8 Å². The predicted octanol–water partition coefficient (Wildman–Crippen LogP) is 2.00. The lowest BCUT2D eigenvalue weighted by molar-refractivity contribution is -0.00000416. The summed E-state index contributed by atoms with van der Waals surface area (Å²) in [4.78, 5) is 0. The first kappa shape index (κ1) is 13.6. The van der Waals surface area contributed by atoms with Gasteiger partial charge in [0.1, 0.15) is 0 Å². The molecule has 0 fully saturated rings. The molecule has 2 aromatic carbocycles. The zero-order chi connectivity index (χ0) is 12.5. The van der Waals surface area contributed by atoms with Gasteiger partial charge in [0.2, 0.25) is 0 Å². The molecule has 1 aromatic heterocycles. The van der Waals surface area contributed by atoms with Crippen molar-refractivity contribution in [1.29, 1.82) is 0 Å². The van der Waals surface area contributed by atoms with E-state index in [0.29, 0.717) is 0 Å².